The molecule has 114 valence electrons. The topological polar surface area (TPSA) is 26.3 Å². The van der Waals surface area contributed by atoms with E-state index in [0.29, 0.717) is 22.4 Å². The van der Waals surface area contributed by atoms with Crippen LogP contribution in [0.5, 0.6) is 5.75 Å². The quantitative estimate of drug-likeness (QED) is 0.602. The van der Waals surface area contributed by atoms with Crippen LogP contribution >= 0.6 is 0 Å². The second-order valence-electron chi connectivity index (χ2n) is 4.56. The van der Waals surface area contributed by atoms with Gasteiger partial charge in [-0.25, -0.2) is 0 Å². The number of carbonyl (C=O) groups excluding carboxylic acids is 1. The third-order valence-corrected chi connectivity index (χ3v) is 3.19. The Hall–Kier alpha value is -2.56. The molecule has 0 unspecified atom stereocenters. The summed E-state index contributed by atoms with van der Waals surface area (Å²) in [6.45, 7) is 3.41. The van der Waals surface area contributed by atoms with Gasteiger partial charge in [0.1, 0.15) is 5.75 Å². The number of hydrogen-bond acceptors (Lipinski definition) is 2. The zero-order valence-corrected chi connectivity index (χ0v) is 11.8. The van der Waals surface area contributed by atoms with Gasteiger partial charge in [0.25, 0.3) is 0 Å². The summed E-state index contributed by atoms with van der Waals surface area (Å²) >= 11 is 0. The second-order valence-corrected chi connectivity index (χ2v) is 4.56. The van der Waals surface area contributed by atoms with Crippen LogP contribution in [0.1, 0.15) is 15.9 Å². The van der Waals surface area contributed by atoms with Crippen LogP contribution in [0.4, 0.5) is 13.2 Å². The summed E-state index contributed by atoms with van der Waals surface area (Å²) in [5.74, 6) is 0.157. The van der Waals surface area contributed by atoms with Crippen molar-refractivity contribution in [3.8, 4) is 16.9 Å². The van der Waals surface area contributed by atoms with Crippen molar-refractivity contribution in [2.45, 2.75) is 6.18 Å². The summed E-state index contributed by atoms with van der Waals surface area (Å²) in [7, 11) is 1.44. The van der Waals surface area contributed by atoms with Gasteiger partial charge in [-0.05, 0) is 35.9 Å². The van der Waals surface area contributed by atoms with E-state index in [1.54, 1.807) is 12.1 Å². The van der Waals surface area contributed by atoms with Gasteiger partial charge < -0.3 is 4.74 Å². The summed E-state index contributed by atoms with van der Waals surface area (Å²) in [5.41, 5.74) is 0.871. The SMILES string of the molecule is C=CC(=O)c1ccc(-c2ccc(C(F)(F)F)cc2)c(OC)c1. The van der Waals surface area contributed by atoms with E-state index in [9.17, 15) is 18.0 Å². The molecule has 2 aromatic carbocycles. The maximum absolute atomic E-state index is 12.6. The standard InChI is InChI=1S/C17H13F3O2/c1-3-15(21)12-6-9-14(16(10-12)22-2)11-4-7-13(8-5-11)17(18,19)20/h3-10H,1H2,2H3. The molecule has 0 atom stereocenters. The molecule has 0 heterocycles. The summed E-state index contributed by atoms with van der Waals surface area (Å²) in [6, 6.07) is 9.52. The zero-order valence-electron chi connectivity index (χ0n) is 11.8. The van der Waals surface area contributed by atoms with Crippen molar-refractivity contribution in [3.05, 3.63) is 66.2 Å². The van der Waals surface area contributed by atoms with E-state index in [1.807, 2.05) is 0 Å². The molecule has 5 heteroatoms. The maximum atomic E-state index is 12.6. The number of alkyl halides is 3. The van der Waals surface area contributed by atoms with Gasteiger partial charge in [-0.15, -0.1) is 0 Å². The molecule has 2 rings (SSSR count). The molecule has 0 aliphatic carbocycles. The first kappa shape index (κ1) is 15.8. The molecule has 0 N–H and O–H groups in total. The van der Waals surface area contributed by atoms with Gasteiger partial charge >= 0.3 is 6.18 Å². The number of benzene rings is 2. The third-order valence-electron chi connectivity index (χ3n) is 3.19. The fourth-order valence-corrected chi connectivity index (χ4v) is 2.04. The lowest BCUT2D eigenvalue weighted by Crippen LogP contribution is -2.04. The molecule has 0 aliphatic rings. The molecule has 22 heavy (non-hydrogen) atoms. The largest absolute Gasteiger partial charge is 0.496 e. The molecular formula is C17H13F3O2. The van der Waals surface area contributed by atoms with E-state index in [-0.39, 0.29) is 5.78 Å². The van der Waals surface area contributed by atoms with Crippen molar-refractivity contribution in [1.82, 2.24) is 0 Å². The first-order chi connectivity index (χ1) is 10.4. The van der Waals surface area contributed by atoms with Crippen LogP contribution in [-0.2, 0) is 6.18 Å². The minimum absolute atomic E-state index is 0.253. The average molecular weight is 306 g/mol. The number of hydrogen-bond donors (Lipinski definition) is 0. The molecule has 2 nitrogen and oxygen atoms in total. The highest BCUT2D eigenvalue weighted by molar-refractivity contribution is 6.04. The number of allylic oxidation sites excluding steroid dienone is 1. The van der Waals surface area contributed by atoms with E-state index < -0.39 is 11.7 Å². The van der Waals surface area contributed by atoms with Gasteiger partial charge in [-0.1, -0.05) is 24.8 Å². The summed E-state index contributed by atoms with van der Waals surface area (Å²) in [4.78, 5) is 11.6. The van der Waals surface area contributed by atoms with E-state index in [1.165, 1.54) is 31.4 Å². The maximum Gasteiger partial charge on any atom is 0.416 e. The first-order valence-corrected chi connectivity index (χ1v) is 6.39. The fraction of sp³-hybridized carbons (Fsp3) is 0.118. The van der Waals surface area contributed by atoms with Crippen LogP contribution in [0.3, 0.4) is 0 Å². The minimum atomic E-state index is -4.37. The van der Waals surface area contributed by atoms with Gasteiger partial charge in [0.2, 0.25) is 0 Å². The lowest BCUT2D eigenvalue weighted by atomic mass is 10.00. The zero-order chi connectivity index (χ0) is 16.3. The molecule has 0 saturated carbocycles. The summed E-state index contributed by atoms with van der Waals surface area (Å²) in [5, 5.41) is 0. The van der Waals surface area contributed by atoms with Gasteiger partial charge in [0, 0.05) is 11.1 Å². The highest BCUT2D eigenvalue weighted by Crippen LogP contribution is 2.34. The molecule has 0 bridgehead atoms. The van der Waals surface area contributed by atoms with E-state index >= 15 is 0 Å². The Morgan fingerprint density at radius 1 is 1.14 bits per heavy atom. The molecule has 0 fully saturated rings. The molecule has 2 aromatic rings. The van der Waals surface area contributed by atoms with E-state index in [2.05, 4.69) is 6.58 Å². The summed E-state index contributed by atoms with van der Waals surface area (Å²) < 4.78 is 43.0. The lowest BCUT2D eigenvalue weighted by Gasteiger charge is -2.11. The number of methoxy groups -OCH3 is 1. The normalized spacial score (nSPS) is 11.1. The van der Waals surface area contributed by atoms with Gasteiger partial charge in [0.15, 0.2) is 5.78 Å². The van der Waals surface area contributed by atoms with Crippen LogP contribution in [0, 0.1) is 0 Å². The van der Waals surface area contributed by atoms with Crippen LogP contribution in [0.15, 0.2) is 55.1 Å². The number of rotatable bonds is 4. The number of ketones is 1. The van der Waals surface area contributed by atoms with E-state index in [4.69, 9.17) is 4.74 Å². The smallest absolute Gasteiger partial charge is 0.416 e. The van der Waals surface area contributed by atoms with E-state index in [0.717, 1.165) is 12.1 Å². The lowest BCUT2D eigenvalue weighted by molar-refractivity contribution is -0.137. The number of carbonyl (C=O) groups is 1. The second kappa shape index (κ2) is 6.05. The molecule has 0 saturated heterocycles. The van der Waals surface area contributed by atoms with Crippen LogP contribution in [0.25, 0.3) is 11.1 Å². The molecule has 0 aliphatic heterocycles. The predicted molar refractivity (Wildman–Crippen MR) is 78.0 cm³/mol. The average Bonchev–Trinajstić information content (AvgIpc) is 2.52. The van der Waals surface area contributed by atoms with Crippen molar-refractivity contribution in [3.63, 3.8) is 0 Å². The Bertz CT molecular complexity index is 701. The Labute approximate surface area is 125 Å². The molecule has 0 aromatic heterocycles. The Balaban J connectivity index is 2.44. The molecule has 0 spiro atoms. The highest BCUT2D eigenvalue weighted by Gasteiger charge is 2.30. The van der Waals surface area contributed by atoms with Gasteiger partial charge in [-0.2, -0.15) is 13.2 Å². The van der Waals surface area contributed by atoms with Gasteiger partial charge in [0.05, 0.1) is 12.7 Å². The summed E-state index contributed by atoms with van der Waals surface area (Å²) in [6.07, 6.45) is -3.19. The minimum Gasteiger partial charge on any atom is -0.496 e. The Morgan fingerprint density at radius 3 is 2.27 bits per heavy atom. The van der Waals surface area contributed by atoms with Crippen molar-refractivity contribution in [2.75, 3.05) is 7.11 Å². The first-order valence-electron chi connectivity index (χ1n) is 6.39. The highest BCUT2D eigenvalue weighted by atomic mass is 19.4. The van der Waals surface area contributed by atoms with Crippen molar-refractivity contribution < 1.29 is 22.7 Å². The van der Waals surface area contributed by atoms with Crippen molar-refractivity contribution in [2.24, 2.45) is 0 Å². The van der Waals surface area contributed by atoms with Crippen molar-refractivity contribution >= 4 is 5.78 Å². The van der Waals surface area contributed by atoms with Crippen molar-refractivity contribution in [1.29, 1.82) is 0 Å². The van der Waals surface area contributed by atoms with Crippen LogP contribution in [0.2, 0.25) is 0 Å². The third kappa shape index (κ3) is 3.19. The fourth-order valence-electron chi connectivity index (χ4n) is 2.04. The Kier molecular flexibility index (Phi) is 4.35. The van der Waals surface area contributed by atoms with Crippen LogP contribution in [-0.4, -0.2) is 12.9 Å². The molecule has 0 radical (unpaired) electrons. The van der Waals surface area contributed by atoms with Crippen LogP contribution < -0.4 is 4.74 Å². The molecule has 0 amide bonds. The number of halogens is 3. The number of ether oxygens (including phenoxy) is 1. The molecular weight excluding hydrogens is 293 g/mol. The Morgan fingerprint density at radius 2 is 1.77 bits per heavy atom. The van der Waals surface area contributed by atoms with Gasteiger partial charge in [-0.3, -0.25) is 4.79 Å². The predicted octanol–water partition coefficient (Wildman–Crippen LogP) is 4.75. The monoisotopic (exact) mass is 306 g/mol.